The van der Waals surface area contributed by atoms with Gasteiger partial charge in [-0.15, -0.1) is 0 Å². The van der Waals surface area contributed by atoms with Gasteiger partial charge in [-0.2, -0.15) is 0 Å². The monoisotopic (exact) mass is 289 g/mol. The first-order chi connectivity index (χ1) is 8.82. The highest BCUT2D eigenvalue weighted by Crippen LogP contribution is 2.28. The summed E-state index contributed by atoms with van der Waals surface area (Å²) in [7, 11) is 0. The fourth-order valence-corrected chi connectivity index (χ4v) is 2.08. The Balaban J connectivity index is 3.21. The molecule has 0 saturated heterocycles. The van der Waals surface area contributed by atoms with Gasteiger partial charge in [0.15, 0.2) is 5.57 Å². The quantitative estimate of drug-likeness (QED) is 0.295. The Morgan fingerprint density at radius 2 is 2.32 bits per heavy atom. The van der Waals surface area contributed by atoms with Gasteiger partial charge in [0.2, 0.25) is 0 Å². The summed E-state index contributed by atoms with van der Waals surface area (Å²) in [5, 5.41) is 25.7. The molecule has 0 aromatic carbocycles. The zero-order chi connectivity index (χ0) is 14.6. The van der Waals surface area contributed by atoms with E-state index < -0.39 is 16.6 Å². The van der Waals surface area contributed by atoms with Crippen molar-refractivity contribution in [3.8, 4) is 0 Å². The predicted molar refractivity (Wildman–Crippen MR) is 70.0 cm³/mol. The second kappa shape index (κ2) is 5.92. The van der Waals surface area contributed by atoms with Gasteiger partial charge in [0.05, 0.1) is 10.6 Å². The summed E-state index contributed by atoms with van der Waals surface area (Å²) < 4.78 is 0. The standard InChI is InChI=1S/C11H16ClN3O4/c1-3-4-5-13-7-6-8(12)14-11(2,15(18)19)9(7)10(16)17/h6,13-14H,3-5H2,1-2H3,(H,16,17). The number of rotatable bonds is 6. The molecule has 0 aromatic heterocycles. The lowest BCUT2D eigenvalue weighted by atomic mass is 9.97. The number of nitrogens with zero attached hydrogens (tertiary/aromatic N) is 1. The van der Waals surface area contributed by atoms with E-state index in [-0.39, 0.29) is 16.4 Å². The Bertz CT molecular complexity index is 461. The maximum atomic E-state index is 11.3. The van der Waals surface area contributed by atoms with E-state index in [2.05, 4.69) is 10.6 Å². The number of dihydropyridines is 1. The van der Waals surface area contributed by atoms with E-state index in [0.717, 1.165) is 12.8 Å². The lowest BCUT2D eigenvalue weighted by Gasteiger charge is -2.28. The zero-order valence-electron chi connectivity index (χ0n) is 10.7. The minimum Gasteiger partial charge on any atom is -0.478 e. The number of carboxylic acids is 1. The fraction of sp³-hybridized carbons (Fsp3) is 0.545. The summed E-state index contributed by atoms with van der Waals surface area (Å²) in [6, 6.07) is 0. The van der Waals surface area contributed by atoms with Crippen LogP contribution in [0.1, 0.15) is 26.7 Å². The van der Waals surface area contributed by atoms with Crippen molar-refractivity contribution in [2.75, 3.05) is 6.54 Å². The van der Waals surface area contributed by atoms with Crippen molar-refractivity contribution in [2.45, 2.75) is 32.4 Å². The van der Waals surface area contributed by atoms with Crippen molar-refractivity contribution in [1.29, 1.82) is 0 Å². The molecule has 0 saturated carbocycles. The topological polar surface area (TPSA) is 104 Å². The van der Waals surface area contributed by atoms with Crippen LogP contribution in [-0.2, 0) is 4.79 Å². The maximum absolute atomic E-state index is 11.3. The van der Waals surface area contributed by atoms with Crippen LogP contribution in [0.5, 0.6) is 0 Å². The maximum Gasteiger partial charge on any atom is 0.343 e. The molecule has 8 heteroatoms. The molecular formula is C11H16ClN3O4. The Morgan fingerprint density at radius 3 is 2.79 bits per heavy atom. The van der Waals surface area contributed by atoms with E-state index in [9.17, 15) is 20.0 Å². The lowest BCUT2D eigenvalue weighted by Crippen LogP contribution is -2.54. The van der Waals surface area contributed by atoms with Gasteiger partial charge in [-0.25, -0.2) is 4.79 Å². The van der Waals surface area contributed by atoms with E-state index in [1.54, 1.807) is 0 Å². The van der Waals surface area contributed by atoms with Crippen molar-refractivity contribution in [1.82, 2.24) is 10.6 Å². The number of hydrogen-bond acceptors (Lipinski definition) is 5. The average molecular weight is 290 g/mol. The number of nitro groups is 1. The number of unbranched alkanes of at least 4 members (excludes halogenated alkanes) is 1. The molecule has 0 radical (unpaired) electrons. The van der Waals surface area contributed by atoms with Gasteiger partial charge >= 0.3 is 11.6 Å². The SMILES string of the molecule is CCCCNC1=C(C(=O)O)C(C)([N+](=O)[O-])NC(Cl)=C1. The largest absolute Gasteiger partial charge is 0.478 e. The normalized spacial score (nSPS) is 22.6. The van der Waals surface area contributed by atoms with Crippen molar-refractivity contribution in [3.05, 3.63) is 32.6 Å². The number of halogens is 1. The molecule has 0 amide bonds. The highest BCUT2D eigenvalue weighted by atomic mass is 35.5. The number of allylic oxidation sites excluding steroid dienone is 1. The van der Waals surface area contributed by atoms with Crippen molar-refractivity contribution in [2.24, 2.45) is 0 Å². The molecule has 1 atom stereocenters. The fourth-order valence-electron chi connectivity index (χ4n) is 1.79. The molecule has 0 bridgehead atoms. The van der Waals surface area contributed by atoms with E-state index in [1.165, 1.54) is 13.0 Å². The average Bonchev–Trinajstić information content (AvgIpc) is 2.27. The van der Waals surface area contributed by atoms with Crippen LogP contribution in [0.25, 0.3) is 0 Å². The first-order valence-corrected chi connectivity index (χ1v) is 6.22. The summed E-state index contributed by atoms with van der Waals surface area (Å²) in [5.41, 5.74) is -2.13. The van der Waals surface area contributed by atoms with Crippen LogP contribution in [0.3, 0.4) is 0 Å². The molecule has 1 rings (SSSR count). The third-order valence-corrected chi connectivity index (χ3v) is 3.02. The van der Waals surface area contributed by atoms with Crippen molar-refractivity contribution >= 4 is 17.6 Å². The molecule has 1 aliphatic heterocycles. The van der Waals surface area contributed by atoms with Crippen molar-refractivity contribution < 1.29 is 14.8 Å². The van der Waals surface area contributed by atoms with E-state index in [1.807, 2.05) is 6.92 Å². The molecule has 7 nitrogen and oxygen atoms in total. The van der Waals surface area contributed by atoms with Gasteiger partial charge in [0, 0.05) is 13.5 Å². The van der Waals surface area contributed by atoms with E-state index in [4.69, 9.17) is 11.6 Å². The Labute approximate surface area is 115 Å². The third-order valence-electron chi connectivity index (χ3n) is 2.81. The van der Waals surface area contributed by atoms with Crippen LogP contribution in [0.4, 0.5) is 0 Å². The lowest BCUT2D eigenvalue weighted by molar-refractivity contribution is -0.559. The molecule has 3 N–H and O–H groups in total. The third kappa shape index (κ3) is 3.17. The molecule has 1 heterocycles. The van der Waals surface area contributed by atoms with Gasteiger partial charge < -0.3 is 15.7 Å². The Morgan fingerprint density at radius 1 is 1.68 bits per heavy atom. The first kappa shape index (κ1) is 15.3. The van der Waals surface area contributed by atoms with Crippen molar-refractivity contribution in [3.63, 3.8) is 0 Å². The number of carboxylic acid groups (broad SMARTS) is 1. The summed E-state index contributed by atoms with van der Waals surface area (Å²) in [4.78, 5) is 21.8. The number of carbonyl (C=O) groups is 1. The Hall–Kier alpha value is -1.76. The minimum absolute atomic E-state index is 0.0307. The van der Waals surface area contributed by atoms with Gasteiger partial charge in [-0.1, -0.05) is 24.9 Å². The predicted octanol–water partition coefficient (Wildman–Crippen LogP) is 1.39. The Kier molecular flexibility index (Phi) is 4.77. The minimum atomic E-state index is -1.95. The van der Waals surface area contributed by atoms with Gasteiger partial charge in [0.25, 0.3) is 0 Å². The molecule has 0 fully saturated rings. The molecule has 19 heavy (non-hydrogen) atoms. The molecule has 106 valence electrons. The molecule has 1 unspecified atom stereocenters. The van der Waals surface area contributed by atoms with Gasteiger partial charge in [-0.3, -0.25) is 10.1 Å². The van der Waals surface area contributed by atoms with E-state index in [0.29, 0.717) is 6.54 Å². The summed E-state index contributed by atoms with van der Waals surface area (Å²) in [5.74, 6) is -1.36. The van der Waals surface area contributed by atoms with E-state index >= 15 is 0 Å². The van der Waals surface area contributed by atoms with Crippen LogP contribution < -0.4 is 10.6 Å². The summed E-state index contributed by atoms with van der Waals surface area (Å²) in [6.07, 6.45) is 3.10. The number of aliphatic carboxylic acids is 1. The van der Waals surface area contributed by atoms with Gasteiger partial charge in [-0.05, 0) is 12.5 Å². The first-order valence-electron chi connectivity index (χ1n) is 5.84. The van der Waals surface area contributed by atoms with Gasteiger partial charge in [0.1, 0.15) is 5.16 Å². The molecule has 1 aliphatic rings. The zero-order valence-corrected chi connectivity index (χ0v) is 11.5. The molecular weight excluding hydrogens is 274 g/mol. The summed E-state index contributed by atoms with van der Waals surface area (Å²) >= 11 is 5.80. The number of hydrogen-bond donors (Lipinski definition) is 3. The second-order valence-corrected chi connectivity index (χ2v) is 4.73. The van der Waals surface area contributed by atoms with Crippen LogP contribution in [-0.4, -0.2) is 28.2 Å². The number of nitrogens with one attached hydrogen (secondary N) is 2. The highest BCUT2D eigenvalue weighted by molar-refractivity contribution is 6.29. The van der Waals surface area contributed by atoms with Crippen LogP contribution in [0.2, 0.25) is 0 Å². The van der Waals surface area contributed by atoms with Crippen LogP contribution in [0, 0.1) is 10.1 Å². The van der Waals surface area contributed by atoms with Crippen LogP contribution >= 0.6 is 11.6 Å². The molecule has 0 spiro atoms. The second-order valence-electron chi connectivity index (χ2n) is 4.32. The highest BCUT2D eigenvalue weighted by Gasteiger charge is 2.49. The summed E-state index contributed by atoms with van der Waals surface area (Å²) in [6.45, 7) is 3.69. The van der Waals surface area contributed by atoms with Crippen LogP contribution in [0.15, 0.2) is 22.5 Å². The smallest absolute Gasteiger partial charge is 0.343 e. The molecule has 0 aliphatic carbocycles. The molecule has 0 aromatic rings.